The number of hydrogen-bond acceptors (Lipinski definition) is 2. The van der Waals surface area contributed by atoms with Gasteiger partial charge in [-0.2, -0.15) is 11.8 Å². The van der Waals surface area contributed by atoms with E-state index in [0.29, 0.717) is 6.04 Å². The van der Waals surface area contributed by atoms with Crippen molar-refractivity contribution in [2.45, 2.75) is 50.4 Å². The summed E-state index contributed by atoms with van der Waals surface area (Å²) in [4.78, 5) is 0. The van der Waals surface area contributed by atoms with Gasteiger partial charge in [0.05, 0.1) is 0 Å². The summed E-state index contributed by atoms with van der Waals surface area (Å²) in [6.07, 6.45) is 3.73. The molecule has 3 heteroatoms. The standard InChI is InChI=1S/C15H22FNS/c1-3-18-13-9-8-12(10-13)17-11(2)14-6-4-5-7-15(14)16/h4-7,11-13,17H,3,8-10H2,1-2H3. The highest BCUT2D eigenvalue weighted by Gasteiger charge is 2.26. The lowest BCUT2D eigenvalue weighted by molar-refractivity contribution is 0.448. The summed E-state index contributed by atoms with van der Waals surface area (Å²) in [5.41, 5.74) is 0.782. The lowest BCUT2D eigenvalue weighted by Gasteiger charge is -2.20. The van der Waals surface area contributed by atoms with Gasteiger partial charge in [0.1, 0.15) is 5.82 Å². The maximum Gasteiger partial charge on any atom is 0.127 e. The van der Waals surface area contributed by atoms with Crippen molar-refractivity contribution >= 4 is 11.8 Å². The summed E-state index contributed by atoms with van der Waals surface area (Å²) >= 11 is 2.05. The zero-order chi connectivity index (χ0) is 13.0. The summed E-state index contributed by atoms with van der Waals surface area (Å²) in [6, 6.07) is 7.71. The fraction of sp³-hybridized carbons (Fsp3) is 0.600. The first-order chi connectivity index (χ1) is 8.70. The van der Waals surface area contributed by atoms with Crippen molar-refractivity contribution in [3.05, 3.63) is 35.6 Å². The Morgan fingerprint density at radius 3 is 2.89 bits per heavy atom. The Labute approximate surface area is 114 Å². The Morgan fingerprint density at radius 1 is 1.39 bits per heavy atom. The van der Waals surface area contributed by atoms with Gasteiger partial charge in [-0.05, 0) is 38.0 Å². The minimum Gasteiger partial charge on any atom is -0.307 e. The van der Waals surface area contributed by atoms with Gasteiger partial charge in [-0.25, -0.2) is 4.39 Å². The zero-order valence-corrected chi connectivity index (χ0v) is 12.0. The molecule has 3 atom stereocenters. The molecule has 0 aliphatic heterocycles. The largest absolute Gasteiger partial charge is 0.307 e. The van der Waals surface area contributed by atoms with Crippen LogP contribution in [0.1, 0.15) is 44.7 Å². The molecule has 1 nitrogen and oxygen atoms in total. The maximum absolute atomic E-state index is 13.7. The lowest BCUT2D eigenvalue weighted by Crippen LogP contribution is -2.30. The van der Waals surface area contributed by atoms with E-state index in [1.165, 1.54) is 31.1 Å². The van der Waals surface area contributed by atoms with Crippen LogP contribution in [0.5, 0.6) is 0 Å². The number of benzene rings is 1. The number of thioether (sulfide) groups is 1. The monoisotopic (exact) mass is 267 g/mol. The third-order valence-electron chi connectivity index (χ3n) is 3.64. The number of nitrogens with one attached hydrogen (secondary N) is 1. The highest BCUT2D eigenvalue weighted by molar-refractivity contribution is 7.99. The van der Waals surface area contributed by atoms with Crippen LogP contribution in [-0.2, 0) is 0 Å². The molecule has 1 saturated carbocycles. The van der Waals surface area contributed by atoms with Gasteiger partial charge in [0, 0.05) is 22.9 Å². The third-order valence-corrected chi connectivity index (χ3v) is 4.88. The van der Waals surface area contributed by atoms with Crippen LogP contribution in [0.4, 0.5) is 4.39 Å². The Balaban J connectivity index is 1.89. The molecule has 0 bridgehead atoms. The Kier molecular flexibility index (Phi) is 5.07. The molecule has 1 aliphatic rings. The molecule has 0 spiro atoms. The van der Waals surface area contributed by atoms with Gasteiger partial charge in [-0.3, -0.25) is 0 Å². The van der Waals surface area contributed by atoms with Crippen LogP contribution in [0, 0.1) is 5.82 Å². The smallest absolute Gasteiger partial charge is 0.127 e. The first kappa shape index (κ1) is 13.9. The molecule has 0 heterocycles. The van der Waals surface area contributed by atoms with Gasteiger partial charge in [-0.15, -0.1) is 0 Å². The normalized spacial score (nSPS) is 25.3. The van der Waals surface area contributed by atoms with E-state index in [4.69, 9.17) is 0 Å². The third kappa shape index (κ3) is 3.48. The summed E-state index contributed by atoms with van der Waals surface area (Å²) in [5, 5.41) is 4.36. The molecule has 0 radical (unpaired) electrons. The van der Waals surface area contributed by atoms with Crippen LogP contribution < -0.4 is 5.32 Å². The maximum atomic E-state index is 13.7. The Hall–Kier alpha value is -0.540. The van der Waals surface area contributed by atoms with Crippen LogP contribution >= 0.6 is 11.8 Å². The van der Waals surface area contributed by atoms with Crippen LogP contribution in [0.3, 0.4) is 0 Å². The lowest BCUT2D eigenvalue weighted by atomic mass is 10.1. The van der Waals surface area contributed by atoms with Crippen LogP contribution in [0.2, 0.25) is 0 Å². The zero-order valence-electron chi connectivity index (χ0n) is 11.2. The summed E-state index contributed by atoms with van der Waals surface area (Å²) in [6.45, 7) is 4.27. The molecule has 100 valence electrons. The van der Waals surface area contributed by atoms with Crippen molar-refractivity contribution in [3.8, 4) is 0 Å². The van der Waals surface area contributed by atoms with Crippen LogP contribution in [0.25, 0.3) is 0 Å². The quantitative estimate of drug-likeness (QED) is 0.860. The molecule has 0 saturated heterocycles. The van der Waals surface area contributed by atoms with Crippen molar-refractivity contribution in [3.63, 3.8) is 0 Å². The van der Waals surface area contributed by atoms with E-state index in [1.54, 1.807) is 6.07 Å². The minimum absolute atomic E-state index is 0.0987. The van der Waals surface area contributed by atoms with Gasteiger partial charge >= 0.3 is 0 Å². The average molecular weight is 267 g/mol. The highest BCUT2D eigenvalue weighted by atomic mass is 32.2. The van der Waals surface area contributed by atoms with E-state index in [1.807, 2.05) is 12.1 Å². The fourth-order valence-electron chi connectivity index (χ4n) is 2.75. The first-order valence-electron chi connectivity index (χ1n) is 6.82. The molecule has 1 fully saturated rings. The molecular weight excluding hydrogens is 245 g/mol. The summed E-state index contributed by atoms with van der Waals surface area (Å²) < 4.78 is 13.7. The molecule has 1 aliphatic carbocycles. The van der Waals surface area contributed by atoms with Crippen LogP contribution in [0.15, 0.2) is 24.3 Å². The van der Waals surface area contributed by atoms with Crippen molar-refractivity contribution in [2.75, 3.05) is 5.75 Å². The van der Waals surface area contributed by atoms with E-state index < -0.39 is 0 Å². The van der Waals surface area contributed by atoms with E-state index in [9.17, 15) is 4.39 Å². The molecule has 1 aromatic carbocycles. The molecule has 0 aromatic heterocycles. The Morgan fingerprint density at radius 2 is 2.17 bits per heavy atom. The van der Waals surface area contributed by atoms with Crippen molar-refractivity contribution in [1.82, 2.24) is 5.32 Å². The topological polar surface area (TPSA) is 12.0 Å². The first-order valence-corrected chi connectivity index (χ1v) is 7.87. The van der Waals surface area contributed by atoms with Gasteiger partial charge in [0.2, 0.25) is 0 Å². The van der Waals surface area contributed by atoms with E-state index >= 15 is 0 Å². The summed E-state index contributed by atoms with van der Waals surface area (Å²) in [7, 11) is 0. The molecule has 0 amide bonds. The minimum atomic E-state index is -0.102. The fourth-order valence-corrected chi connectivity index (χ4v) is 3.89. The van der Waals surface area contributed by atoms with Gasteiger partial charge in [0.25, 0.3) is 0 Å². The second kappa shape index (κ2) is 6.58. The molecular formula is C15H22FNS. The molecule has 3 unspecified atom stereocenters. The van der Waals surface area contributed by atoms with Crippen molar-refractivity contribution in [1.29, 1.82) is 0 Å². The average Bonchev–Trinajstić information content (AvgIpc) is 2.77. The molecule has 2 rings (SSSR count). The number of hydrogen-bond donors (Lipinski definition) is 1. The predicted molar refractivity (Wildman–Crippen MR) is 77.5 cm³/mol. The van der Waals surface area contributed by atoms with E-state index in [-0.39, 0.29) is 11.9 Å². The number of halogens is 1. The second-order valence-corrected chi connectivity index (χ2v) is 6.57. The van der Waals surface area contributed by atoms with Crippen molar-refractivity contribution < 1.29 is 4.39 Å². The van der Waals surface area contributed by atoms with Gasteiger partial charge < -0.3 is 5.32 Å². The van der Waals surface area contributed by atoms with Gasteiger partial charge in [-0.1, -0.05) is 25.1 Å². The highest BCUT2D eigenvalue weighted by Crippen LogP contribution is 2.31. The SMILES string of the molecule is CCSC1CCC(NC(C)c2ccccc2F)C1. The molecule has 1 aromatic rings. The van der Waals surface area contributed by atoms with Crippen molar-refractivity contribution in [2.24, 2.45) is 0 Å². The van der Waals surface area contributed by atoms with Crippen LogP contribution in [-0.4, -0.2) is 17.0 Å². The number of rotatable bonds is 5. The molecule has 18 heavy (non-hydrogen) atoms. The van der Waals surface area contributed by atoms with E-state index in [2.05, 4.69) is 30.9 Å². The summed E-state index contributed by atoms with van der Waals surface area (Å²) in [5.74, 6) is 1.09. The van der Waals surface area contributed by atoms with E-state index in [0.717, 1.165) is 10.8 Å². The Bertz CT molecular complexity index is 383. The molecule has 1 N–H and O–H groups in total. The predicted octanol–water partition coefficient (Wildman–Crippen LogP) is 4.15. The van der Waals surface area contributed by atoms with Gasteiger partial charge in [0.15, 0.2) is 0 Å². The second-order valence-electron chi connectivity index (χ2n) is 5.00.